The molecule has 1 saturated carbocycles. The Balaban J connectivity index is 1.95. The number of benzene rings is 1. The molecule has 0 atom stereocenters. The highest BCUT2D eigenvalue weighted by atomic mass is 35.5. The molecule has 1 fully saturated rings. The van der Waals surface area contributed by atoms with Gasteiger partial charge in [-0.1, -0.05) is 30.9 Å². The summed E-state index contributed by atoms with van der Waals surface area (Å²) in [6.45, 7) is -0.229. The van der Waals surface area contributed by atoms with Gasteiger partial charge in [0.05, 0.1) is 10.6 Å². The van der Waals surface area contributed by atoms with Crippen LogP contribution >= 0.6 is 11.6 Å². The average Bonchev–Trinajstić information content (AvgIpc) is 2.54. The maximum absolute atomic E-state index is 12.8. The topological polar surface area (TPSA) is 75.3 Å². The summed E-state index contributed by atoms with van der Waals surface area (Å²) in [5, 5.41) is 2.51. The van der Waals surface area contributed by atoms with Gasteiger partial charge in [0.15, 0.2) is 0 Å². The summed E-state index contributed by atoms with van der Waals surface area (Å²) in [5.41, 5.74) is -1.11. The van der Waals surface area contributed by atoms with E-state index in [1.54, 1.807) is 0 Å². The maximum atomic E-state index is 12.8. The van der Waals surface area contributed by atoms with Gasteiger partial charge in [-0.2, -0.15) is 13.2 Å². The number of carbonyl (C=O) groups excluding carboxylic acids is 1. The number of carbonyl (C=O) groups is 1. The highest BCUT2D eigenvalue weighted by molar-refractivity contribution is 7.89. The zero-order valence-corrected chi connectivity index (χ0v) is 15.5. The molecule has 5 nitrogen and oxygen atoms in total. The van der Waals surface area contributed by atoms with Crippen molar-refractivity contribution >= 4 is 27.5 Å². The van der Waals surface area contributed by atoms with Gasteiger partial charge in [-0.3, -0.25) is 4.79 Å². The van der Waals surface area contributed by atoms with E-state index in [0.29, 0.717) is 12.1 Å². The van der Waals surface area contributed by atoms with Crippen molar-refractivity contribution in [2.24, 2.45) is 0 Å². The lowest BCUT2D eigenvalue weighted by Crippen LogP contribution is -2.38. The standard InChI is InChI=1S/C16H20ClF3N2O3S/c17-13-7-6-11(16(18,19)20)10-14(13)26(24,25)21-9-8-15(23)22-12-4-2-1-3-5-12/h6-7,10,12,21H,1-5,8-9H2,(H,22,23). The number of halogens is 4. The Morgan fingerprint density at radius 2 is 1.85 bits per heavy atom. The van der Waals surface area contributed by atoms with E-state index in [4.69, 9.17) is 11.6 Å². The van der Waals surface area contributed by atoms with Gasteiger partial charge in [-0.25, -0.2) is 13.1 Å². The van der Waals surface area contributed by atoms with Crippen LogP contribution in [-0.2, 0) is 21.0 Å². The van der Waals surface area contributed by atoms with E-state index in [0.717, 1.165) is 38.2 Å². The van der Waals surface area contributed by atoms with Gasteiger partial charge >= 0.3 is 6.18 Å². The molecule has 0 radical (unpaired) electrons. The van der Waals surface area contributed by atoms with E-state index in [1.807, 2.05) is 0 Å². The summed E-state index contributed by atoms with van der Waals surface area (Å²) in [7, 11) is -4.26. The number of rotatable bonds is 6. The summed E-state index contributed by atoms with van der Waals surface area (Å²) in [5.74, 6) is -0.297. The van der Waals surface area contributed by atoms with Gasteiger partial charge in [-0.15, -0.1) is 0 Å². The Morgan fingerprint density at radius 1 is 1.19 bits per heavy atom. The van der Waals surface area contributed by atoms with Gasteiger partial charge < -0.3 is 5.32 Å². The first-order valence-corrected chi connectivity index (χ1v) is 10.1. The van der Waals surface area contributed by atoms with Crippen LogP contribution in [0.3, 0.4) is 0 Å². The number of hydrogen-bond donors (Lipinski definition) is 2. The van der Waals surface area contributed by atoms with E-state index in [1.165, 1.54) is 0 Å². The second-order valence-corrected chi connectivity index (χ2v) is 8.34. The summed E-state index contributed by atoms with van der Waals surface area (Å²) in [6, 6.07) is 2.17. The Morgan fingerprint density at radius 3 is 2.46 bits per heavy atom. The SMILES string of the molecule is O=C(CCNS(=O)(=O)c1cc(C(F)(F)F)ccc1Cl)NC1CCCCC1. The molecule has 1 amide bonds. The fourth-order valence-electron chi connectivity index (χ4n) is 2.81. The highest BCUT2D eigenvalue weighted by Gasteiger charge is 2.32. The number of alkyl halides is 3. The molecule has 1 aromatic rings. The molecular formula is C16H20ClF3N2O3S. The lowest BCUT2D eigenvalue weighted by Gasteiger charge is -2.22. The first-order valence-electron chi connectivity index (χ1n) is 8.25. The molecule has 1 aromatic carbocycles. The minimum absolute atomic E-state index is 0.103. The van der Waals surface area contributed by atoms with Crippen molar-refractivity contribution in [1.82, 2.24) is 10.0 Å². The van der Waals surface area contributed by atoms with E-state index in [9.17, 15) is 26.4 Å². The summed E-state index contributed by atoms with van der Waals surface area (Å²) in [6.07, 6.45) is 0.247. The van der Waals surface area contributed by atoms with Crippen molar-refractivity contribution in [2.75, 3.05) is 6.54 Å². The van der Waals surface area contributed by atoms with Crippen LogP contribution in [0.4, 0.5) is 13.2 Å². The van der Waals surface area contributed by atoms with Crippen molar-refractivity contribution < 1.29 is 26.4 Å². The van der Waals surface area contributed by atoms with Crippen molar-refractivity contribution in [3.05, 3.63) is 28.8 Å². The van der Waals surface area contributed by atoms with E-state index in [2.05, 4.69) is 10.0 Å². The summed E-state index contributed by atoms with van der Waals surface area (Å²) >= 11 is 5.74. The zero-order valence-electron chi connectivity index (χ0n) is 13.9. The molecule has 26 heavy (non-hydrogen) atoms. The lowest BCUT2D eigenvalue weighted by atomic mass is 9.95. The first-order chi connectivity index (χ1) is 12.1. The van der Waals surface area contributed by atoms with Gasteiger partial charge in [0.2, 0.25) is 15.9 Å². The smallest absolute Gasteiger partial charge is 0.353 e. The molecule has 0 heterocycles. The molecule has 2 rings (SSSR count). The Bertz CT molecular complexity index is 748. The Hall–Kier alpha value is -1.32. The van der Waals surface area contributed by atoms with Crippen molar-refractivity contribution in [3.8, 4) is 0 Å². The second kappa shape index (κ2) is 8.58. The molecule has 0 spiro atoms. The third kappa shape index (κ3) is 5.85. The predicted octanol–water partition coefficient (Wildman–Crippen LogP) is 3.48. The second-order valence-electron chi connectivity index (χ2n) is 6.19. The van der Waals surface area contributed by atoms with Crippen LogP contribution in [0.1, 0.15) is 44.1 Å². The largest absolute Gasteiger partial charge is 0.416 e. The molecule has 0 aliphatic heterocycles. The third-order valence-electron chi connectivity index (χ3n) is 4.16. The van der Waals surface area contributed by atoms with Crippen molar-refractivity contribution in [2.45, 2.75) is 55.6 Å². The van der Waals surface area contributed by atoms with E-state index < -0.39 is 26.7 Å². The molecule has 1 aliphatic carbocycles. The first kappa shape index (κ1) is 21.0. The normalized spacial score (nSPS) is 16.5. The molecule has 0 unspecified atom stereocenters. The van der Waals surface area contributed by atoms with Crippen LogP contribution in [0.2, 0.25) is 5.02 Å². The third-order valence-corrected chi connectivity index (χ3v) is 6.11. The summed E-state index contributed by atoms with van der Waals surface area (Å²) in [4.78, 5) is 11.2. The highest BCUT2D eigenvalue weighted by Crippen LogP contribution is 2.33. The van der Waals surface area contributed by atoms with Crippen LogP contribution in [0, 0.1) is 0 Å². The van der Waals surface area contributed by atoms with Crippen LogP contribution in [0.5, 0.6) is 0 Å². The van der Waals surface area contributed by atoms with E-state index >= 15 is 0 Å². The van der Waals surface area contributed by atoms with E-state index in [-0.39, 0.29) is 29.9 Å². The molecule has 10 heteroatoms. The maximum Gasteiger partial charge on any atom is 0.416 e. The minimum Gasteiger partial charge on any atom is -0.353 e. The average molecular weight is 413 g/mol. The molecular weight excluding hydrogens is 393 g/mol. The lowest BCUT2D eigenvalue weighted by molar-refractivity contribution is -0.137. The van der Waals surface area contributed by atoms with Gasteiger partial charge in [-0.05, 0) is 31.0 Å². The van der Waals surface area contributed by atoms with Gasteiger partial charge in [0.1, 0.15) is 4.90 Å². The number of nitrogens with one attached hydrogen (secondary N) is 2. The van der Waals surface area contributed by atoms with Crippen LogP contribution in [-0.4, -0.2) is 26.9 Å². The fourth-order valence-corrected chi connectivity index (χ4v) is 4.36. The van der Waals surface area contributed by atoms with Crippen molar-refractivity contribution in [1.29, 1.82) is 0 Å². The van der Waals surface area contributed by atoms with Crippen molar-refractivity contribution in [3.63, 3.8) is 0 Å². The predicted molar refractivity (Wildman–Crippen MR) is 91.3 cm³/mol. The van der Waals surface area contributed by atoms with Gasteiger partial charge in [0.25, 0.3) is 0 Å². The monoisotopic (exact) mass is 412 g/mol. The van der Waals surface area contributed by atoms with Crippen LogP contribution in [0.25, 0.3) is 0 Å². The Kier molecular flexibility index (Phi) is 6.92. The number of hydrogen-bond acceptors (Lipinski definition) is 3. The Labute approximate surface area is 155 Å². The molecule has 0 aromatic heterocycles. The zero-order chi connectivity index (χ0) is 19.4. The fraction of sp³-hybridized carbons (Fsp3) is 0.562. The molecule has 0 bridgehead atoms. The summed E-state index contributed by atoms with van der Waals surface area (Å²) < 4.78 is 64.8. The van der Waals surface area contributed by atoms with Crippen LogP contribution < -0.4 is 10.0 Å². The molecule has 146 valence electrons. The number of sulfonamides is 1. The molecule has 0 saturated heterocycles. The quantitative estimate of drug-likeness (QED) is 0.751. The minimum atomic E-state index is -4.69. The van der Waals surface area contributed by atoms with Gasteiger partial charge in [0, 0.05) is 19.0 Å². The van der Waals surface area contributed by atoms with Crippen LogP contribution in [0.15, 0.2) is 23.1 Å². The molecule has 2 N–H and O–H groups in total. The number of amides is 1. The molecule has 1 aliphatic rings.